The molecule has 7 heteroatoms. The number of benzene rings is 2. The van der Waals surface area contributed by atoms with E-state index in [-0.39, 0.29) is 11.7 Å². The van der Waals surface area contributed by atoms with Crippen LogP contribution in [0.4, 0.5) is 11.4 Å². The number of nitro groups is 1. The molecular weight excluding hydrogens is 330 g/mol. The number of likely N-dealkylation sites (N-methyl/N-ethyl adjacent to an activating group) is 1. The van der Waals surface area contributed by atoms with E-state index in [4.69, 9.17) is 16.3 Å². The molecule has 0 saturated carbocycles. The largest absolute Gasteiger partial charge is 0.497 e. The predicted molar refractivity (Wildman–Crippen MR) is 96.0 cm³/mol. The average molecular weight is 350 g/mol. The Morgan fingerprint density at radius 3 is 2.42 bits per heavy atom. The van der Waals surface area contributed by atoms with Gasteiger partial charge in [0.1, 0.15) is 5.75 Å². The number of rotatable bonds is 7. The van der Waals surface area contributed by atoms with E-state index in [0.29, 0.717) is 17.3 Å². The molecule has 0 radical (unpaired) electrons. The van der Waals surface area contributed by atoms with Gasteiger partial charge in [-0.1, -0.05) is 23.7 Å². The summed E-state index contributed by atoms with van der Waals surface area (Å²) in [6, 6.07) is 12.4. The maximum atomic E-state index is 10.8. The summed E-state index contributed by atoms with van der Waals surface area (Å²) in [7, 11) is 5.62. The Morgan fingerprint density at radius 2 is 1.92 bits per heavy atom. The van der Waals surface area contributed by atoms with E-state index >= 15 is 0 Å². The second-order valence-corrected chi connectivity index (χ2v) is 5.96. The summed E-state index contributed by atoms with van der Waals surface area (Å²) in [4.78, 5) is 12.4. The molecule has 2 aromatic carbocycles. The molecule has 0 fully saturated rings. The van der Waals surface area contributed by atoms with Crippen LogP contribution in [0.1, 0.15) is 11.6 Å². The summed E-state index contributed by atoms with van der Waals surface area (Å²) in [5.41, 5.74) is 1.78. The van der Waals surface area contributed by atoms with Crippen LogP contribution < -0.4 is 10.1 Å². The van der Waals surface area contributed by atoms with Gasteiger partial charge in [-0.15, -0.1) is 0 Å². The fourth-order valence-electron chi connectivity index (χ4n) is 2.39. The van der Waals surface area contributed by atoms with Gasteiger partial charge in [-0.2, -0.15) is 0 Å². The second-order valence-electron chi connectivity index (χ2n) is 5.55. The van der Waals surface area contributed by atoms with Crippen LogP contribution in [0.25, 0.3) is 0 Å². The summed E-state index contributed by atoms with van der Waals surface area (Å²) in [5, 5.41) is 14.4. The van der Waals surface area contributed by atoms with E-state index in [1.54, 1.807) is 13.2 Å². The van der Waals surface area contributed by atoms with Crippen LogP contribution in [0.3, 0.4) is 0 Å². The molecule has 0 amide bonds. The van der Waals surface area contributed by atoms with Gasteiger partial charge in [0.15, 0.2) is 0 Å². The highest BCUT2D eigenvalue weighted by Crippen LogP contribution is 2.28. The zero-order valence-electron chi connectivity index (χ0n) is 13.8. The van der Waals surface area contributed by atoms with Crippen molar-refractivity contribution >= 4 is 23.0 Å². The first-order chi connectivity index (χ1) is 11.4. The highest BCUT2D eigenvalue weighted by Gasteiger charge is 2.15. The fourth-order valence-corrected chi connectivity index (χ4v) is 2.63. The third kappa shape index (κ3) is 4.37. The fraction of sp³-hybridized carbons (Fsp3) is 0.294. The number of nitrogens with one attached hydrogen (secondary N) is 1. The molecule has 2 aromatic rings. The van der Waals surface area contributed by atoms with E-state index in [2.05, 4.69) is 10.2 Å². The van der Waals surface area contributed by atoms with Crippen LogP contribution in [-0.2, 0) is 0 Å². The maximum Gasteiger partial charge on any atom is 0.271 e. The second kappa shape index (κ2) is 7.99. The van der Waals surface area contributed by atoms with E-state index in [9.17, 15) is 10.1 Å². The molecule has 0 aliphatic rings. The molecule has 128 valence electrons. The van der Waals surface area contributed by atoms with Crippen molar-refractivity contribution < 1.29 is 9.66 Å². The Bertz CT molecular complexity index is 705. The third-order valence-corrected chi connectivity index (χ3v) is 4.09. The molecule has 1 unspecified atom stereocenters. The van der Waals surface area contributed by atoms with Gasteiger partial charge in [0, 0.05) is 18.7 Å². The Balaban J connectivity index is 2.12. The van der Waals surface area contributed by atoms with E-state index in [0.717, 1.165) is 11.3 Å². The molecule has 1 N–H and O–H groups in total. The standard InChI is InChI=1S/C17H20ClN3O3/c1-20(2)17(12-4-7-14(24-3)8-5-12)11-19-16-9-6-13(21(22)23)10-15(16)18/h4-10,17,19H,11H2,1-3H3. The number of hydrogen-bond donors (Lipinski definition) is 1. The lowest BCUT2D eigenvalue weighted by molar-refractivity contribution is -0.384. The molecule has 0 aliphatic heterocycles. The third-order valence-electron chi connectivity index (χ3n) is 3.77. The first-order valence-corrected chi connectivity index (χ1v) is 7.78. The molecule has 24 heavy (non-hydrogen) atoms. The molecule has 0 saturated heterocycles. The number of ether oxygens (including phenoxy) is 1. The number of hydrogen-bond acceptors (Lipinski definition) is 5. The number of methoxy groups -OCH3 is 1. The number of halogens is 1. The molecule has 1 atom stereocenters. The zero-order chi connectivity index (χ0) is 17.7. The molecule has 6 nitrogen and oxygen atoms in total. The number of nitrogens with zero attached hydrogens (tertiary/aromatic N) is 2. The smallest absolute Gasteiger partial charge is 0.271 e. The summed E-state index contributed by atoms with van der Waals surface area (Å²) in [6.45, 7) is 0.608. The van der Waals surface area contributed by atoms with Crippen molar-refractivity contribution in [3.63, 3.8) is 0 Å². The zero-order valence-corrected chi connectivity index (χ0v) is 14.6. The van der Waals surface area contributed by atoms with Crippen LogP contribution in [0.2, 0.25) is 5.02 Å². The first kappa shape index (κ1) is 18.0. The van der Waals surface area contributed by atoms with Crippen molar-refractivity contribution in [2.75, 3.05) is 33.1 Å². The minimum atomic E-state index is -0.463. The van der Waals surface area contributed by atoms with Crippen LogP contribution in [0.15, 0.2) is 42.5 Å². The lowest BCUT2D eigenvalue weighted by atomic mass is 10.1. The first-order valence-electron chi connectivity index (χ1n) is 7.40. The molecule has 0 spiro atoms. The highest BCUT2D eigenvalue weighted by molar-refractivity contribution is 6.33. The van der Waals surface area contributed by atoms with Crippen LogP contribution in [0, 0.1) is 10.1 Å². The molecular formula is C17H20ClN3O3. The summed E-state index contributed by atoms with van der Waals surface area (Å²) >= 11 is 6.13. The minimum Gasteiger partial charge on any atom is -0.497 e. The van der Waals surface area contributed by atoms with E-state index < -0.39 is 4.92 Å². The Hall–Kier alpha value is -2.31. The van der Waals surface area contributed by atoms with Gasteiger partial charge in [-0.25, -0.2) is 0 Å². The van der Waals surface area contributed by atoms with Gasteiger partial charge in [-0.3, -0.25) is 10.1 Å². The minimum absolute atomic E-state index is 0.0233. The average Bonchev–Trinajstić information content (AvgIpc) is 2.56. The van der Waals surface area contributed by atoms with Gasteiger partial charge < -0.3 is 15.0 Å². The Labute approximate surface area is 146 Å². The topological polar surface area (TPSA) is 67.6 Å². The normalized spacial score (nSPS) is 12.0. The predicted octanol–water partition coefficient (Wildman–Crippen LogP) is 3.97. The molecule has 0 aliphatic carbocycles. The van der Waals surface area contributed by atoms with Crippen LogP contribution >= 0.6 is 11.6 Å². The summed E-state index contributed by atoms with van der Waals surface area (Å²) in [6.07, 6.45) is 0. The Morgan fingerprint density at radius 1 is 1.25 bits per heavy atom. The number of non-ortho nitro benzene ring substituents is 1. The number of anilines is 1. The van der Waals surface area contributed by atoms with Crippen molar-refractivity contribution in [2.24, 2.45) is 0 Å². The summed E-state index contributed by atoms with van der Waals surface area (Å²) in [5.74, 6) is 0.808. The van der Waals surface area contributed by atoms with Crippen molar-refractivity contribution in [1.29, 1.82) is 0 Å². The SMILES string of the molecule is COc1ccc(C(CNc2ccc([N+](=O)[O-])cc2Cl)N(C)C)cc1. The van der Waals surface area contributed by atoms with Crippen molar-refractivity contribution in [2.45, 2.75) is 6.04 Å². The van der Waals surface area contributed by atoms with Gasteiger partial charge in [-0.05, 0) is 37.9 Å². The molecule has 0 bridgehead atoms. The number of nitro benzene ring substituents is 1. The van der Waals surface area contributed by atoms with Gasteiger partial charge in [0.2, 0.25) is 0 Å². The summed E-state index contributed by atoms with van der Waals surface area (Å²) < 4.78 is 5.18. The van der Waals surface area contributed by atoms with E-state index in [1.807, 2.05) is 38.4 Å². The van der Waals surface area contributed by atoms with Gasteiger partial charge in [0.25, 0.3) is 5.69 Å². The van der Waals surface area contributed by atoms with Crippen LogP contribution in [-0.4, -0.2) is 37.6 Å². The van der Waals surface area contributed by atoms with Crippen molar-refractivity contribution in [3.05, 3.63) is 63.2 Å². The quantitative estimate of drug-likeness (QED) is 0.605. The highest BCUT2D eigenvalue weighted by atomic mass is 35.5. The van der Waals surface area contributed by atoms with Gasteiger partial charge in [0.05, 0.1) is 28.8 Å². The molecule has 0 heterocycles. The van der Waals surface area contributed by atoms with Crippen molar-refractivity contribution in [3.8, 4) is 5.75 Å². The Kier molecular flexibility index (Phi) is 6.00. The molecule has 2 rings (SSSR count). The van der Waals surface area contributed by atoms with E-state index in [1.165, 1.54) is 12.1 Å². The monoisotopic (exact) mass is 349 g/mol. The lowest BCUT2D eigenvalue weighted by Crippen LogP contribution is -2.26. The molecule has 0 aromatic heterocycles. The van der Waals surface area contributed by atoms with Crippen LogP contribution in [0.5, 0.6) is 5.75 Å². The van der Waals surface area contributed by atoms with Gasteiger partial charge >= 0.3 is 0 Å². The van der Waals surface area contributed by atoms with Crippen molar-refractivity contribution in [1.82, 2.24) is 4.90 Å². The maximum absolute atomic E-state index is 10.8. The lowest BCUT2D eigenvalue weighted by Gasteiger charge is -2.26.